The zero-order chi connectivity index (χ0) is 20.2. The lowest BCUT2D eigenvalue weighted by atomic mass is 10.1. The fourth-order valence-corrected chi connectivity index (χ4v) is 2.60. The number of allylic oxidation sites excluding steroid dienone is 5. The number of hydrogen-bond acceptors (Lipinski definition) is 1. The van der Waals surface area contributed by atoms with E-state index in [1.165, 1.54) is 50.5 Å². The predicted molar refractivity (Wildman–Crippen MR) is 122 cm³/mol. The molecule has 0 amide bonds. The molecular formula is C26H44O. The molecule has 0 radical (unpaired) electrons. The summed E-state index contributed by atoms with van der Waals surface area (Å²) in [4.78, 5) is 0. The van der Waals surface area contributed by atoms with Crippen LogP contribution >= 0.6 is 0 Å². The third-order valence-corrected chi connectivity index (χ3v) is 4.22. The molecular weight excluding hydrogens is 328 g/mol. The number of unbranched alkanes of at least 4 members (excludes halogenated alkanes) is 6. The summed E-state index contributed by atoms with van der Waals surface area (Å²) in [6, 6.07) is 0. The first kappa shape index (κ1) is 25.7. The fraction of sp³-hybridized carbons (Fsp3) is 0.692. The molecule has 0 unspecified atom stereocenters. The molecule has 0 aromatic heterocycles. The van der Waals surface area contributed by atoms with Gasteiger partial charge in [0.1, 0.15) is 0 Å². The van der Waals surface area contributed by atoms with E-state index >= 15 is 0 Å². The van der Waals surface area contributed by atoms with E-state index in [4.69, 9.17) is 4.74 Å². The van der Waals surface area contributed by atoms with Crippen molar-refractivity contribution in [3.63, 3.8) is 0 Å². The Morgan fingerprint density at radius 3 is 2.37 bits per heavy atom. The monoisotopic (exact) mass is 372 g/mol. The highest BCUT2D eigenvalue weighted by atomic mass is 16.5. The number of hydrogen-bond donors (Lipinski definition) is 0. The van der Waals surface area contributed by atoms with E-state index in [0.717, 1.165) is 38.7 Å². The smallest absolute Gasteiger partial charge is 0.0598 e. The van der Waals surface area contributed by atoms with Gasteiger partial charge in [-0.2, -0.15) is 0 Å². The summed E-state index contributed by atoms with van der Waals surface area (Å²) in [5.41, 5.74) is 1.26. The van der Waals surface area contributed by atoms with Gasteiger partial charge in [-0.3, -0.25) is 0 Å². The van der Waals surface area contributed by atoms with Crippen molar-refractivity contribution in [1.29, 1.82) is 0 Å². The molecule has 0 spiro atoms. The predicted octanol–water partition coefficient (Wildman–Crippen LogP) is 8.17. The van der Waals surface area contributed by atoms with Crippen LogP contribution in [0.4, 0.5) is 0 Å². The second-order valence-electron chi connectivity index (χ2n) is 8.28. The van der Waals surface area contributed by atoms with Gasteiger partial charge < -0.3 is 4.74 Å². The average molecular weight is 373 g/mol. The molecule has 0 atom stereocenters. The van der Waals surface area contributed by atoms with Gasteiger partial charge in [0.05, 0.1) is 5.60 Å². The van der Waals surface area contributed by atoms with Crippen LogP contribution in [0.1, 0.15) is 105 Å². The summed E-state index contributed by atoms with van der Waals surface area (Å²) in [7, 11) is 0. The van der Waals surface area contributed by atoms with E-state index in [1.54, 1.807) is 0 Å². The first-order chi connectivity index (χ1) is 13.0. The number of rotatable bonds is 15. The normalized spacial score (nSPS) is 11.9. The lowest BCUT2D eigenvalue weighted by Gasteiger charge is -2.19. The second kappa shape index (κ2) is 18.1. The summed E-state index contributed by atoms with van der Waals surface area (Å²) in [6.45, 7) is 13.6. The molecule has 1 nitrogen and oxygen atoms in total. The van der Waals surface area contributed by atoms with Gasteiger partial charge in [0.25, 0.3) is 0 Å². The van der Waals surface area contributed by atoms with Gasteiger partial charge >= 0.3 is 0 Å². The van der Waals surface area contributed by atoms with E-state index in [2.05, 4.69) is 70.4 Å². The molecule has 154 valence electrons. The maximum atomic E-state index is 5.74. The molecule has 0 saturated carbocycles. The Morgan fingerprint density at radius 1 is 0.889 bits per heavy atom. The van der Waals surface area contributed by atoms with Gasteiger partial charge in [-0.25, -0.2) is 0 Å². The van der Waals surface area contributed by atoms with Crippen LogP contribution in [-0.2, 0) is 4.74 Å². The summed E-state index contributed by atoms with van der Waals surface area (Å²) in [5, 5.41) is 0. The fourth-order valence-electron chi connectivity index (χ4n) is 2.60. The Hall–Kier alpha value is -1.26. The molecule has 27 heavy (non-hydrogen) atoms. The molecule has 0 N–H and O–H groups in total. The minimum Gasteiger partial charge on any atom is -0.376 e. The van der Waals surface area contributed by atoms with Crippen LogP contribution in [0.2, 0.25) is 0 Å². The van der Waals surface area contributed by atoms with Crippen LogP contribution in [0.5, 0.6) is 0 Å². The van der Waals surface area contributed by atoms with Crippen LogP contribution in [0.15, 0.2) is 36.5 Å². The molecule has 0 aliphatic carbocycles. The van der Waals surface area contributed by atoms with Crippen molar-refractivity contribution in [3.8, 4) is 11.8 Å². The Labute approximate surface area is 170 Å². The van der Waals surface area contributed by atoms with Crippen molar-refractivity contribution in [3.05, 3.63) is 36.5 Å². The SMILES string of the molecule is C=C(CC#CC/C=C\C/C=C\CCCCC)CCCCCCOC(C)(C)C. The second-order valence-corrected chi connectivity index (χ2v) is 8.28. The largest absolute Gasteiger partial charge is 0.376 e. The van der Waals surface area contributed by atoms with Crippen LogP contribution in [0, 0.1) is 11.8 Å². The van der Waals surface area contributed by atoms with E-state index < -0.39 is 0 Å². The maximum absolute atomic E-state index is 5.74. The summed E-state index contributed by atoms with van der Waals surface area (Å²) < 4.78 is 5.74. The Morgan fingerprint density at radius 2 is 1.63 bits per heavy atom. The molecule has 0 saturated heterocycles. The zero-order valence-corrected chi connectivity index (χ0v) is 18.6. The molecule has 0 bridgehead atoms. The molecule has 0 aromatic carbocycles. The van der Waals surface area contributed by atoms with Crippen LogP contribution < -0.4 is 0 Å². The topological polar surface area (TPSA) is 9.23 Å². The molecule has 0 heterocycles. The van der Waals surface area contributed by atoms with Crippen molar-refractivity contribution in [2.24, 2.45) is 0 Å². The summed E-state index contributed by atoms with van der Waals surface area (Å²) >= 11 is 0. The molecule has 0 rings (SSSR count). The van der Waals surface area contributed by atoms with E-state index in [9.17, 15) is 0 Å². The highest BCUT2D eigenvalue weighted by molar-refractivity contribution is 5.12. The summed E-state index contributed by atoms with van der Waals surface area (Å²) in [5.74, 6) is 6.48. The van der Waals surface area contributed by atoms with E-state index in [0.29, 0.717) is 0 Å². The van der Waals surface area contributed by atoms with Gasteiger partial charge in [0.15, 0.2) is 0 Å². The molecule has 0 aliphatic rings. The summed E-state index contributed by atoms with van der Waals surface area (Å²) in [6.07, 6.45) is 22.8. The molecule has 0 fully saturated rings. The third-order valence-electron chi connectivity index (χ3n) is 4.22. The minimum atomic E-state index is -0.00686. The quantitative estimate of drug-likeness (QED) is 0.160. The lowest BCUT2D eigenvalue weighted by molar-refractivity contribution is -0.00473. The first-order valence-electron chi connectivity index (χ1n) is 11.0. The van der Waals surface area contributed by atoms with Gasteiger partial charge in [0, 0.05) is 19.4 Å². The van der Waals surface area contributed by atoms with Crippen LogP contribution in [0.25, 0.3) is 0 Å². The van der Waals surface area contributed by atoms with Gasteiger partial charge in [-0.05, 0) is 59.3 Å². The Kier molecular flexibility index (Phi) is 17.3. The maximum Gasteiger partial charge on any atom is 0.0598 e. The molecule has 0 aliphatic heterocycles. The van der Waals surface area contributed by atoms with Crippen LogP contribution in [-0.4, -0.2) is 12.2 Å². The first-order valence-corrected chi connectivity index (χ1v) is 11.0. The minimum absolute atomic E-state index is 0.00686. The lowest BCUT2D eigenvalue weighted by Crippen LogP contribution is -2.19. The van der Waals surface area contributed by atoms with E-state index in [-0.39, 0.29) is 5.60 Å². The number of ether oxygens (including phenoxy) is 1. The van der Waals surface area contributed by atoms with Crippen molar-refractivity contribution in [2.75, 3.05) is 6.61 Å². The third kappa shape index (κ3) is 22.7. The van der Waals surface area contributed by atoms with Gasteiger partial charge in [0.2, 0.25) is 0 Å². The van der Waals surface area contributed by atoms with E-state index in [1.807, 2.05) is 0 Å². The highest BCUT2D eigenvalue weighted by Gasteiger charge is 2.08. The van der Waals surface area contributed by atoms with Gasteiger partial charge in [-0.1, -0.05) is 80.9 Å². The van der Waals surface area contributed by atoms with Crippen molar-refractivity contribution in [1.82, 2.24) is 0 Å². The van der Waals surface area contributed by atoms with Crippen molar-refractivity contribution >= 4 is 0 Å². The molecule has 0 aromatic rings. The average Bonchev–Trinajstić information content (AvgIpc) is 2.61. The Bertz CT molecular complexity index is 465. The van der Waals surface area contributed by atoms with Crippen molar-refractivity contribution in [2.45, 2.75) is 110 Å². The highest BCUT2D eigenvalue weighted by Crippen LogP contribution is 2.13. The molecule has 1 heteroatoms. The zero-order valence-electron chi connectivity index (χ0n) is 18.6. The van der Waals surface area contributed by atoms with Gasteiger partial charge in [-0.15, -0.1) is 0 Å². The van der Waals surface area contributed by atoms with Crippen LogP contribution in [0.3, 0.4) is 0 Å². The van der Waals surface area contributed by atoms with Crippen molar-refractivity contribution < 1.29 is 4.74 Å². The standard InChI is InChI=1S/C26H44O/c1-6-7-8-9-10-11-12-13-14-15-16-19-22-25(2)23-20-17-18-21-24-27-26(3,4)5/h10-11,13-14H,2,6-9,12,15,17-18,20-24H2,1,3-5H3/b11-10-,14-13-. The Balaban J connectivity index is 3.51.